The highest BCUT2D eigenvalue weighted by Gasteiger charge is 2.27. The van der Waals surface area contributed by atoms with Gasteiger partial charge in [-0.2, -0.15) is 5.10 Å². The zero-order valence-electron chi connectivity index (χ0n) is 13.7. The molecule has 1 aliphatic heterocycles. The molecule has 0 bridgehead atoms. The standard InChI is InChI=1S/C19H16F2N4O/c20-14-7-5-12(6-8-14)16-9-17-19(26)23-11-18(25(17)24-16)22-10-13-3-1-2-4-15(13)21/h1-9,18,22H,10-11H2,(H,23,26). The topological polar surface area (TPSA) is 59.0 Å². The van der Waals surface area contributed by atoms with Gasteiger partial charge in [-0.25, -0.2) is 13.5 Å². The first-order valence-electron chi connectivity index (χ1n) is 8.22. The maximum Gasteiger partial charge on any atom is 0.269 e. The summed E-state index contributed by atoms with van der Waals surface area (Å²) in [5.74, 6) is -0.845. The van der Waals surface area contributed by atoms with E-state index in [1.165, 1.54) is 18.2 Å². The van der Waals surface area contributed by atoms with Crippen molar-refractivity contribution in [2.24, 2.45) is 0 Å². The van der Waals surface area contributed by atoms with Crippen LogP contribution < -0.4 is 10.6 Å². The fourth-order valence-electron chi connectivity index (χ4n) is 2.96. The van der Waals surface area contributed by atoms with E-state index in [1.54, 1.807) is 41.1 Å². The number of halogens is 2. The highest BCUT2D eigenvalue weighted by molar-refractivity contribution is 5.94. The molecule has 2 heterocycles. The Balaban J connectivity index is 1.60. The highest BCUT2D eigenvalue weighted by atomic mass is 19.1. The van der Waals surface area contributed by atoms with Gasteiger partial charge in [0.25, 0.3) is 5.91 Å². The lowest BCUT2D eigenvalue weighted by molar-refractivity contribution is 0.0900. The van der Waals surface area contributed by atoms with Gasteiger partial charge in [0.15, 0.2) is 0 Å². The van der Waals surface area contributed by atoms with E-state index in [-0.39, 0.29) is 23.7 Å². The maximum atomic E-state index is 13.8. The number of carbonyl (C=O) groups is 1. The molecule has 132 valence electrons. The number of hydrogen-bond acceptors (Lipinski definition) is 3. The zero-order chi connectivity index (χ0) is 18.1. The Kier molecular flexibility index (Phi) is 4.22. The molecule has 2 N–H and O–H groups in total. The van der Waals surface area contributed by atoms with Gasteiger partial charge in [-0.3, -0.25) is 10.1 Å². The number of carbonyl (C=O) groups excluding carboxylic acids is 1. The summed E-state index contributed by atoms with van der Waals surface area (Å²) in [5.41, 5.74) is 2.24. The summed E-state index contributed by atoms with van der Waals surface area (Å²) in [4.78, 5) is 12.1. The van der Waals surface area contributed by atoms with E-state index in [4.69, 9.17) is 0 Å². The van der Waals surface area contributed by atoms with Crippen LogP contribution in [0.15, 0.2) is 54.6 Å². The summed E-state index contributed by atoms with van der Waals surface area (Å²) >= 11 is 0. The molecule has 0 saturated heterocycles. The summed E-state index contributed by atoms with van der Waals surface area (Å²) < 4.78 is 28.5. The Bertz CT molecular complexity index is 952. The predicted molar refractivity (Wildman–Crippen MR) is 92.2 cm³/mol. The molecular formula is C19H16F2N4O. The first kappa shape index (κ1) is 16.4. The molecule has 1 aliphatic rings. The van der Waals surface area contributed by atoms with Crippen molar-refractivity contribution in [1.29, 1.82) is 0 Å². The number of fused-ring (bicyclic) bond motifs is 1. The molecule has 1 amide bonds. The number of aromatic nitrogens is 2. The van der Waals surface area contributed by atoms with Gasteiger partial charge in [0.1, 0.15) is 23.5 Å². The molecule has 3 aromatic rings. The highest BCUT2D eigenvalue weighted by Crippen LogP contribution is 2.23. The average molecular weight is 354 g/mol. The van der Waals surface area contributed by atoms with Gasteiger partial charge < -0.3 is 5.32 Å². The van der Waals surface area contributed by atoms with E-state index in [1.807, 2.05) is 0 Å². The van der Waals surface area contributed by atoms with Crippen LogP contribution in [0.2, 0.25) is 0 Å². The lowest BCUT2D eigenvalue weighted by Gasteiger charge is -2.25. The van der Waals surface area contributed by atoms with E-state index in [0.29, 0.717) is 35.6 Å². The smallest absolute Gasteiger partial charge is 0.269 e. The van der Waals surface area contributed by atoms with Crippen LogP contribution in [0.3, 0.4) is 0 Å². The van der Waals surface area contributed by atoms with E-state index < -0.39 is 0 Å². The van der Waals surface area contributed by atoms with Crippen LogP contribution in [0.5, 0.6) is 0 Å². The van der Waals surface area contributed by atoms with Crippen LogP contribution in [-0.2, 0) is 6.54 Å². The molecule has 2 aromatic carbocycles. The van der Waals surface area contributed by atoms with Crippen LogP contribution in [0.25, 0.3) is 11.3 Å². The Morgan fingerprint density at radius 2 is 1.92 bits per heavy atom. The second-order valence-electron chi connectivity index (χ2n) is 6.06. The number of benzene rings is 2. The summed E-state index contributed by atoms with van der Waals surface area (Å²) in [6.45, 7) is 0.642. The number of nitrogens with zero attached hydrogens (tertiary/aromatic N) is 2. The monoisotopic (exact) mass is 354 g/mol. The molecule has 0 aliphatic carbocycles. The second kappa shape index (κ2) is 6.68. The normalized spacial score (nSPS) is 16.2. The first-order valence-corrected chi connectivity index (χ1v) is 8.22. The van der Waals surface area contributed by atoms with Crippen molar-refractivity contribution in [3.8, 4) is 11.3 Å². The lowest BCUT2D eigenvalue weighted by atomic mass is 10.1. The zero-order valence-corrected chi connectivity index (χ0v) is 13.7. The van der Waals surface area contributed by atoms with Crippen LogP contribution in [-0.4, -0.2) is 22.2 Å². The third kappa shape index (κ3) is 3.09. The molecule has 0 radical (unpaired) electrons. The molecule has 0 fully saturated rings. The quantitative estimate of drug-likeness (QED) is 0.757. The third-order valence-corrected chi connectivity index (χ3v) is 4.35. The fourth-order valence-corrected chi connectivity index (χ4v) is 2.96. The number of amides is 1. The number of rotatable bonds is 4. The summed E-state index contributed by atoms with van der Waals surface area (Å²) in [6.07, 6.45) is -0.309. The molecule has 7 heteroatoms. The fraction of sp³-hybridized carbons (Fsp3) is 0.158. The van der Waals surface area contributed by atoms with Crippen molar-refractivity contribution in [3.63, 3.8) is 0 Å². The van der Waals surface area contributed by atoms with Crippen molar-refractivity contribution in [2.75, 3.05) is 6.54 Å². The van der Waals surface area contributed by atoms with Crippen LogP contribution in [0.1, 0.15) is 22.2 Å². The van der Waals surface area contributed by atoms with Crippen molar-refractivity contribution in [1.82, 2.24) is 20.4 Å². The largest absolute Gasteiger partial charge is 0.347 e. The van der Waals surface area contributed by atoms with E-state index >= 15 is 0 Å². The Labute approximate surface area is 148 Å². The molecule has 0 spiro atoms. The van der Waals surface area contributed by atoms with Crippen molar-refractivity contribution >= 4 is 5.91 Å². The minimum absolute atomic E-state index is 0.227. The molecule has 1 aromatic heterocycles. The average Bonchev–Trinajstić information content (AvgIpc) is 3.09. The molecule has 0 saturated carbocycles. The SMILES string of the molecule is O=C1NCC(NCc2ccccc2F)n2nc(-c3ccc(F)cc3)cc21. The van der Waals surface area contributed by atoms with E-state index in [2.05, 4.69) is 15.7 Å². The third-order valence-electron chi connectivity index (χ3n) is 4.35. The van der Waals surface area contributed by atoms with Crippen LogP contribution in [0.4, 0.5) is 8.78 Å². The van der Waals surface area contributed by atoms with Gasteiger partial charge in [-0.05, 0) is 36.4 Å². The summed E-state index contributed by atoms with van der Waals surface area (Å²) in [7, 11) is 0. The van der Waals surface area contributed by atoms with Crippen LogP contribution >= 0.6 is 0 Å². The van der Waals surface area contributed by atoms with Gasteiger partial charge in [0.05, 0.1) is 12.2 Å². The van der Waals surface area contributed by atoms with Gasteiger partial charge in [-0.1, -0.05) is 18.2 Å². The van der Waals surface area contributed by atoms with E-state index in [0.717, 1.165) is 0 Å². The molecule has 1 atom stereocenters. The molecule has 5 nitrogen and oxygen atoms in total. The molecule has 26 heavy (non-hydrogen) atoms. The minimum Gasteiger partial charge on any atom is -0.347 e. The first-order chi connectivity index (χ1) is 12.6. The van der Waals surface area contributed by atoms with Crippen LogP contribution in [0, 0.1) is 11.6 Å². The van der Waals surface area contributed by atoms with Gasteiger partial charge >= 0.3 is 0 Å². The molecular weight excluding hydrogens is 338 g/mol. The van der Waals surface area contributed by atoms with Crippen molar-refractivity contribution in [3.05, 3.63) is 77.5 Å². The Morgan fingerprint density at radius 3 is 2.69 bits per heavy atom. The lowest BCUT2D eigenvalue weighted by Crippen LogP contribution is -2.45. The Morgan fingerprint density at radius 1 is 1.15 bits per heavy atom. The van der Waals surface area contributed by atoms with Gasteiger partial charge in [0.2, 0.25) is 0 Å². The minimum atomic E-state index is -0.333. The predicted octanol–water partition coefficient (Wildman–Crippen LogP) is 2.86. The van der Waals surface area contributed by atoms with Gasteiger partial charge in [0, 0.05) is 17.7 Å². The van der Waals surface area contributed by atoms with E-state index in [9.17, 15) is 13.6 Å². The number of hydrogen-bond donors (Lipinski definition) is 2. The molecule has 4 rings (SSSR count). The summed E-state index contributed by atoms with van der Waals surface area (Å²) in [6, 6.07) is 14.1. The van der Waals surface area contributed by atoms with Gasteiger partial charge in [-0.15, -0.1) is 0 Å². The van der Waals surface area contributed by atoms with Crippen molar-refractivity contribution < 1.29 is 13.6 Å². The summed E-state index contributed by atoms with van der Waals surface area (Å²) in [5, 5.41) is 10.5. The second-order valence-corrected chi connectivity index (χ2v) is 6.06. The Hall–Kier alpha value is -3.06. The molecule has 1 unspecified atom stereocenters. The maximum absolute atomic E-state index is 13.8. The number of nitrogens with one attached hydrogen (secondary N) is 2. The van der Waals surface area contributed by atoms with Crippen molar-refractivity contribution in [2.45, 2.75) is 12.7 Å².